The number of hydrogen-bond acceptors (Lipinski definition) is 6. The number of ether oxygens (including phenoxy) is 2. The predicted octanol–water partition coefficient (Wildman–Crippen LogP) is 0.166. The van der Waals surface area contributed by atoms with E-state index >= 15 is 0 Å². The molecule has 2 aliphatic heterocycles. The Balaban J connectivity index is 1.74. The van der Waals surface area contributed by atoms with E-state index in [1.807, 2.05) is 6.07 Å². The Labute approximate surface area is 188 Å². The topological polar surface area (TPSA) is 97.5 Å². The summed E-state index contributed by atoms with van der Waals surface area (Å²) in [6.45, 7) is 1.38. The second-order valence-corrected chi connectivity index (χ2v) is 9.54. The fourth-order valence-electron chi connectivity index (χ4n) is 3.72. The third-order valence-corrected chi connectivity index (χ3v) is 7.56. The average Bonchev–Trinajstić information content (AvgIpc) is 3.13. The predicted molar refractivity (Wildman–Crippen MR) is 107 cm³/mol. The summed E-state index contributed by atoms with van der Waals surface area (Å²) >= 11 is -0.695. The summed E-state index contributed by atoms with van der Waals surface area (Å²) in [4.78, 5) is 20.5. The molecule has 2 aliphatic rings. The molecule has 0 saturated carbocycles. The van der Waals surface area contributed by atoms with Crippen molar-refractivity contribution < 1.29 is 43.3 Å². The number of aromatic nitrogens is 2. The number of carbonyl (C=O) groups excluding carboxylic acids is 1. The summed E-state index contributed by atoms with van der Waals surface area (Å²) in [6, 6.07) is 6.43. The van der Waals surface area contributed by atoms with Crippen molar-refractivity contribution in [2.75, 3.05) is 32.2 Å². The number of carbonyl (C=O) groups is 1. The molecular weight excluding hydrogens is 518 g/mol. The van der Waals surface area contributed by atoms with Gasteiger partial charge in [0.25, 0.3) is 0 Å². The van der Waals surface area contributed by atoms with Gasteiger partial charge in [-0.3, -0.25) is 0 Å². The van der Waals surface area contributed by atoms with Crippen LogP contribution in [-0.2, 0) is 3.07 Å². The average molecular weight is 537 g/mol. The van der Waals surface area contributed by atoms with Crippen LogP contribution in [0.5, 0.6) is 11.5 Å². The Kier molecular flexibility index (Phi) is 5.40. The zero-order chi connectivity index (χ0) is 21.4. The number of nitrogens with one attached hydrogen (secondary N) is 3. The number of aromatic amines is 1. The number of hydrogen-bond donors (Lipinski definition) is 3. The summed E-state index contributed by atoms with van der Waals surface area (Å²) in [6.07, 6.45) is 3.29. The molecule has 3 aromatic rings. The molecule has 0 spiro atoms. The number of H-pyrrole nitrogens is 1. The molecule has 5 rings (SSSR count). The van der Waals surface area contributed by atoms with Gasteiger partial charge in [0.2, 0.25) is 0 Å². The maximum absolute atomic E-state index is 14.3. The maximum atomic E-state index is 14.3. The van der Waals surface area contributed by atoms with Gasteiger partial charge in [-0.2, -0.15) is 0 Å². The van der Waals surface area contributed by atoms with Crippen molar-refractivity contribution in [3.8, 4) is 22.8 Å². The monoisotopic (exact) mass is 537 g/mol. The van der Waals surface area contributed by atoms with E-state index in [0.29, 0.717) is 48.1 Å². The van der Waals surface area contributed by atoms with Gasteiger partial charge in [-0.1, -0.05) is 0 Å². The standard InChI is InChI=1S/C21H19FIN4O4/c1-29-20-12(22)3-2-4-14(20)26-19-16-18-13(9-25-21(16)28)23-31-8-7-30-15-10-24-6-5-11(15)17(19)27-18/h2-6,10,13,26-27H,7-9H2,1H3,(H,25,28)/q-1/t13-/m1/s1. The number of rotatable bonds is 3. The van der Waals surface area contributed by atoms with E-state index in [1.54, 1.807) is 24.5 Å². The number of benzene rings is 1. The number of methoxy groups -OCH3 is 1. The summed E-state index contributed by atoms with van der Waals surface area (Å²) in [7, 11) is 1.41. The Morgan fingerprint density at radius 1 is 1.32 bits per heavy atom. The zero-order valence-electron chi connectivity index (χ0n) is 16.5. The second kappa shape index (κ2) is 8.35. The van der Waals surface area contributed by atoms with E-state index in [1.165, 1.54) is 13.2 Å². The van der Waals surface area contributed by atoms with Gasteiger partial charge < -0.3 is 0 Å². The Hall–Kier alpha value is -2.86. The van der Waals surface area contributed by atoms with Crippen LogP contribution in [0.25, 0.3) is 11.3 Å². The first-order valence-corrected chi connectivity index (χ1v) is 11.8. The first-order valence-electron chi connectivity index (χ1n) is 9.63. The third-order valence-electron chi connectivity index (χ3n) is 5.08. The fourth-order valence-corrected chi connectivity index (χ4v) is 5.71. The number of pyridine rings is 1. The normalized spacial score (nSPS) is 17.9. The van der Waals surface area contributed by atoms with Crippen LogP contribution >= 0.6 is 0 Å². The van der Waals surface area contributed by atoms with Crippen LogP contribution in [0.1, 0.15) is 20.0 Å². The van der Waals surface area contributed by atoms with Crippen LogP contribution < -0.4 is 41.7 Å². The zero-order valence-corrected chi connectivity index (χ0v) is 18.7. The molecular formula is C21H19FIN4O4-. The molecule has 31 heavy (non-hydrogen) atoms. The van der Waals surface area contributed by atoms with E-state index < -0.39 is 27.4 Å². The molecule has 1 amide bonds. The van der Waals surface area contributed by atoms with Crippen LogP contribution in [0.3, 0.4) is 0 Å². The number of para-hydroxylation sites is 1. The molecule has 1 atom stereocenters. The third kappa shape index (κ3) is 3.59. The number of alkyl halides is 1. The van der Waals surface area contributed by atoms with Crippen LogP contribution in [0.4, 0.5) is 15.8 Å². The quantitative estimate of drug-likeness (QED) is 0.326. The van der Waals surface area contributed by atoms with Gasteiger partial charge in [0.15, 0.2) is 0 Å². The van der Waals surface area contributed by atoms with E-state index in [-0.39, 0.29) is 15.6 Å². The number of fused-ring (bicyclic) bond motifs is 3. The molecule has 0 fully saturated rings. The van der Waals surface area contributed by atoms with E-state index in [9.17, 15) is 9.18 Å². The van der Waals surface area contributed by atoms with Crippen molar-refractivity contribution >= 4 is 17.3 Å². The Bertz CT molecular complexity index is 1150. The Morgan fingerprint density at radius 3 is 3.10 bits per heavy atom. The molecule has 2 aromatic heterocycles. The van der Waals surface area contributed by atoms with Crippen LogP contribution in [0.2, 0.25) is 0 Å². The van der Waals surface area contributed by atoms with Crippen LogP contribution in [0.15, 0.2) is 36.7 Å². The summed E-state index contributed by atoms with van der Waals surface area (Å²) in [5.41, 5.74) is 3.66. The van der Waals surface area contributed by atoms with Crippen molar-refractivity contribution in [2.45, 2.75) is 3.92 Å². The SMILES string of the molecule is COc1c(F)cccc1Nc1c2[nH]c3c1C(=O)NC[C@H]3[I-]OCCOc1cnccc1-2. The van der Waals surface area contributed by atoms with E-state index in [4.69, 9.17) is 12.5 Å². The van der Waals surface area contributed by atoms with Crippen molar-refractivity contribution in [3.63, 3.8) is 0 Å². The number of amides is 1. The Morgan fingerprint density at radius 2 is 2.23 bits per heavy atom. The molecule has 0 saturated heterocycles. The van der Waals surface area contributed by atoms with Crippen LogP contribution in [0, 0.1) is 5.82 Å². The summed E-state index contributed by atoms with van der Waals surface area (Å²) in [5, 5.41) is 6.20. The molecule has 8 nitrogen and oxygen atoms in total. The molecule has 4 heterocycles. The van der Waals surface area contributed by atoms with Gasteiger partial charge in [0.1, 0.15) is 0 Å². The van der Waals surface area contributed by atoms with Gasteiger partial charge in [-0.15, -0.1) is 0 Å². The van der Waals surface area contributed by atoms with Gasteiger partial charge in [-0.25, -0.2) is 0 Å². The van der Waals surface area contributed by atoms with Crippen molar-refractivity contribution in [1.29, 1.82) is 0 Å². The van der Waals surface area contributed by atoms with Crippen molar-refractivity contribution in [3.05, 3.63) is 53.7 Å². The molecule has 2 bridgehead atoms. The molecule has 0 unspecified atom stereocenters. The minimum atomic E-state index is -0.695. The summed E-state index contributed by atoms with van der Waals surface area (Å²) in [5.74, 6) is -0.0677. The molecule has 0 aliphatic carbocycles. The minimum absolute atomic E-state index is 0.0543. The number of halogens is 2. The van der Waals surface area contributed by atoms with E-state index in [0.717, 1.165) is 11.3 Å². The second-order valence-electron chi connectivity index (χ2n) is 6.91. The van der Waals surface area contributed by atoms with Crippen molar-refractivity contribution in [2.24, 2.45) is 0 Å². The number of anilines is 2. The molecule has 1 aromatic carbocycles. The molecule has 0 radical (unpaired) electrons. The van der Waals surface area contributed by atoms with E-state index in [2.05, 4.69) is 20.6 Å². The first kappa shape index (κ1) is 20.1. The van der Waals surface area contributed by atoms with Crippen molar-refractivity contribution in [1.82, 2.24) is 15.3 Å². The molecule has 3 N–H and O–H groups in total. The fraction of sp³-hybridized carbons (Fsp3) is 0.238. The number of nitrogens with zero attached hydrogens (tertiary/aromatic N) is 1. The summed E-state index contributed by atoms with van der Waals surface area (Å²) < 4.78 is 31.4. The van der Waals surface area contributed by atoms with Gasteiger partial charge in [0, 0.05) is 0 Å². The van der Waals surface area contributed by atoms with Gasteiger partial charge in [-0.05, 0) is 0 Å². The molecule has 162 valence electrons. The van der Waals surface area contributed by atoms with Gasteiger partial charge in [0.05, 0.1) is 0 Å². The molecule has 10 heteroatoms. The van der Waals surface area contributed by atoms with Gasteiger partial charge >= 0.3 is 189 Å². The van der Waals surface area contributed by atoms with Crippen LogP contribution in [-0.4, -0.2) is 42.7 Å². The first-order chi connectivity index (χ1) is 15.2.